The zero-order chi connectivity index (χ0) is 28.1. The molecule has 4 atom stereocenters. The number of hydrogen-bond donors (Lipinski definition) is 9. The van der Waals surface area contributed by atoms with Gasteiger partial charge in [-0.25, -0.2) is 9.78 Å². The summed E-state index contributed by atoms with van der Waals surface area (Å²) in [5.41, 5.74) is 16.7. The maximum absolute atomic E-state index is 12.9. The molecule has 0 bridgehead atoms. The van der Waals surface area contributed by atoms with Crippen LogP contribution in [-0.2, 0) is 30.4 Å². The minimum atomic E-state index is -1.54. The number of nitrogens with one attached hydrogen (secondary N) is 4. The minimum absolute atomic E-state index is 0.0847. The average molecular weight is 526 g/mol. The van der Waals surface area contributed by atoms with Crippen molar-refractivity contribution in [1.82, 2.24) is 25.9 Å². The molecule has 0 aliphatic heterocycles. The van der Waals surface area contributed by atoms with Crippen LogP contribution in [0.15, 0.2) is 17.5 Å². The Balaban J connectivity index is 2.87. The normalized spacial score (nSPS) is 14.1. The Morgan fingerprint density at radius 1 is 1.03 bits per heavy atom. The maximum atomic E-state index is 12.9. The Hall–Kier alpha value is -4.21. The molecular weight excluding hydrogens is 490 g/mol. The van der Waals surface area contributed by atoms with Crippen LogP contribution in [0.3, 0.4) is 0 Å². The van der Waals surface area contributed by atoms with Crippen molar-refractivity contribution in [2.45, 2.75) is 63.7 Å². The van der Waals surface area contributed by atoms with Gasteiger partial charge in [-0.05, 0) is 18.8 Å². The van der Waals surface area contributed by atoms with E-state index in [1.807, 2.05) is 0 Å². The number of carboxylic acid groups (broad SMARTS) is 2. The first-order valence-electron chi connectivity index (χ1n) is 11.5. The number of rotatable bonds is 16. The summed E-state index contributed by atoms with van der Waals surface area (Å²) in [6, 6.07) is -5.15. The van der Waals surface area contributed by atoms with Gasteiger partial charge in [0.05, 0.1) is 18.8 Å². The van der Waals surface area contributed by atoms with Gasteiger partial charge in [0, 0.05) is 24.9 Å². The summed E-state index contributed by atoms with van der Waals surface area (Å²) in [7, 11) is 0. The summed E-state index contributed by atoms with van der Waals surface area (Å²) in [5, 5.41) is 25.8. The lowest BCUT2D eigenvalue weighted by Crippen LogP contribution is -2.59. The van der Waals surface area contributed by atoms with Gasteiger partial charge in [-0.3, -0.25) is 24.2 Å². The number of nitrogens with zero attached hydrogens (tertiary/aromatic N) is 2. The van der Waals surface area contributed by atoms with Crippen molar-refractivity contribution in [3.8, 4) is 0 Å². The number of hydrogen-bond acceptors (Lipinski definition) is 8. The number of amides is 3. The second-order valence-corrected chi connectivity index (χ2v) is 8.63. The molecular formula is C21H35N9O7. The summed E-state index contributed by atoms with van der Waals surface area (Å²) in [6.45, 7) is 3.43. The second-order valence-electron chi connectivity index (χ2n) is 8.63. The quantitative estimate of drug-likeness (QED) is 0.0595. The van der Waals surface area contributed by atoms with Crippen molar-refractivity contribution in [1.29, 1.82) is 0 Å². The highest BCUT2D eigenvalue weighted by Gasteiger charge is 2.33. The van der Waals surface area contributed by atoms with Crippen LogP contribution in [0.2, 0.25) is 0 Å². The Labute approximate surface area is 212 Å². The topological polar surface area (TPSA) is 281 Å². The molecule has 1 heterocycles. The van der Waals surface area contributed by atoms with E-state index in [-0.39, 0.29) is 25.3 Å². The van der Waals surface area contributed by atoms with Crippen molar-refractivity contribution in [3.63, 3.8) is 0 Å². The molecule has 3 amide bonds. The molecule has 0 radical (unpaired) electrons. The summed E-state index contributed by atoms with van der Waals surface area (Å²) in [4.78, 5) is 71.4. The lowest BCUT2D eigenvalue weighted by atomic mass is 10.0. The van der Waals surface area contributed by atoms with E-state index in [0.29, 0.717) is 12.1 Å². The number of carbonyl (C=O) groups is 5. The molecule has 0 aliphatic rings. The third-order valence-electron chi connectivity index (χ3n) is 5.16. The number of guanidine groups is 1. The van der Waals surface area contributed by atoms with E-state index >= 15 is 0 Å². The standard InChI is InChI=1S/C21H35N9O7/c1-10(2)16(19(35)29-14(20(36)37)6-11-8-25-9-27-11)30-18(34)13(7-15(31)32)28-17(33)12(22)4-3-5-26-21(23)24/h8-10,12-14,16H,3-7,22H2,1-2H3,(H,25,27)(H,28,33)(H,29,35)(H,30,34)(H,31,32)(H,36,37)(H4,23,24,26). The van der Waals surface area contributed by atoms with Gasteiger partial charge >= 0.3 is 11.9 Å². The number of aromatic amines is 1. The van der Waals surface area contributed by atoms with E-state index < -0.39 is 66.2 Å². The molecule has 0 spiro atoms. The molecule has 16 heteroatoms. The summed E-state index contributed by atoms with van der Waals surface area (Å²) in [5.74, 6) is -5.83. The van der Waals surface area contributed by atoms with Crippen molar-refractivity contribution in [2.24, 2.45) is 28.1 Å². The van der Waals surface area contributed by atoms with E-state index in [2.05, 4.69) is 30.9 Å². The largest absolute Gasteiger partial charge is 0.481 e. The van der Waals surface area contributed by atoms with Crippen molar-refractivity contribution in [2.75, 3.05) is 6.54 Å². The van der Waals surface area contributed by atoms with Gasteiger partial charge in [0.25, 0.3) is 0 Å². The molecule has 0 aromatic carbocycles. The molecule has 1 rings (SSSR count). The average Bonchev–Trinajstić information content (AvgIpc) is 3.31. The highest BCUT2D eigenvalue weighted by molar-refractivity contribution is 5.95. The van der Waals surface area contributed by atoms with Crippen LogP contribution < -0.4 is 33.2 Å². The summed E-state index contributed by atoms with van der Waals surface area (Å²) >= 11 is 0. The van der Waals surface area contributed by atoms with E-state index in [1.165, 1.54) is 12.5 Å². The van der Waals surface area contributed by atoms with E-state index in [4.69, 9.17) is 17.2 Å². The number of aromatic nitrogens is 2. The molecule has 0 aliphatic carbocycles. The Kier molecular flexibility index (Phi) is 12.5. The monoisotopic (exact) mass is 525 g/mol. The fraction of sp³-hybridized carbons (Fsp3) is 0.571. The molecule has 1 aromatic heterocycles. The van der Waals surface area contributed by atoms with Gasteiger partial charge in [0.1, 0.15) is 18.1 Å². The maximum Gasteiger partial charge on any atom is 0.326 e. The number of nitrogens with two attached hydrogens (primary N) is 3. The van der Waals surface area contributed by atoms with Crippen LogP contribution in [0.4, 0.5) is 0 Å². The first kappa shape index (κ1) is 30.8. The predicted molar refractivity (Wildman–Crippen MR) is 131 cm³/mol. The van der Waals surface area contributed by atoms with E-state index in [1.54, 1.807) is 13.8 Å². The van der Waals surface area contributed by atoms with Crippen molar-refractivity contribution < 1.29 is 34.2 Å². The molecule has 0 saturated carbocycles. The molecule has 206 valence electrons. The summed E-state index contributed by atoms with van der Waals surface area (Å²) < 4.78 is 0. The zero-order valence-corrected chi connectivity index (χ0v) is 20.6. The van der Waals surface area contributed by atoms with Crippen LogP contribution in [0, 0.1) is 5.92 Å². The van der Waals surface area contributed by atoms with Gasteiger partial charge in [-0.1, -0.05) is 13.8 Å². The Morgan fingerprint density at radius 3 is 2.19 bits per heavy atom. The first-order valence-corrected chi connectivity index (χ1v) is 11.5. The highest BCUT2D eigenvalue weighted by Crippen LogP contribution is 2.07. The molecule has 37 heavy (non-hydrogen) atoms. The lowest BCUT2D eigenvalue weighted by Gasteiger charge is -2.26. The number of carbonyl (C=O) groups excluding carboxylic acids is 3. The SMILES string of the molecule is CC(C)C(NC(=O)C(CC(=O)O)NC(=O)C(N)CCCN=C(N)N)C(=O)NC(Cc1cnc[nH]1)C(=O)O. The van der Waals surface area contributed by atoms with Gasteiger partial charge in [0.15, 0.2) is 5.96 Å². The minimum Gasteiger partial charge on any atom is -0.481 e. The zero-order valence-electron chi connectivity index (χ0n) is 20.6. The number of imidazole rings is 1. The third kappa shape index (κ3) is 11.4. The van der Waals surface area contributed by atoms with Crippen molar-refractivity contribution >= 4 is 35.6 Å². The number of carboxylic acids is 2. The van der Waals surface area contributed by atoms with Crippen LogP contribution >= 0.6 is 0 Å². The first-order chi connectivity index (χ1) is 17.3. The molecule has 0 saturated heterocycles. The second kappa shape index (κ2) is 15.0. The van der Waals surface area contributed by atoms with Crippen LogP contribution in [-0.4, -0.2) is 86.5 Å². The molecule has 16 nitrogen and oxygen atoms in total. The third-order valence-corrected chi connectivity index (χ3v) is 5.16. The Bertz CT molecular complexity index is 962. The molecule has 1 aromatic rings. The summed E-state index contributed by atoms with van der Waals surface area (Å²) in [6.07, 6.45) is 2.44. The van der Waals surface area contributed by atoms with Gasteiger partial charge in [-0.2, -0.15) is 0 Å². The Morgan fingerprint density at radius 2 is 1.68 bits per heavy atom. The highest BCUT2D eigenvalue weighted by atomic mass is 16.4. The molecule has 4 unspecified atom stereocenters. The smallest absolute Gasteiger partial charge is 0.326 e. The van der Waals surface area contributed by atoms with Crippen LogP contribution in [0.5, 0.6) is 0 Å². The molecule has 12 N–H and O–H groups in total. The molecule has 0 fully saturated rings. The van der Waals surface area contributed by atoms with E-state index in [0.717, 1.165) is 0 Å². The van der Waals surface area contributed by atoms with Crippen LogP contribution in [0.1, 0.15) is 38.8 Å². The fourth-order valence-electron chi connectivity index (χ4n) is 3.18. The lowest BCUT2D eigenvalue weighted by molar-refractivity contribution is -0.143. The van der Waals surface area contributed by atoms with Crippen LogP contribution in [0.25, 0.3) is 0 Å². The fourth-order valence-corrected chi connectivity index (χ4v) is 3.18. The van der Waals surface area contributed by atoms with E-state index in [9.17, 15) is 34.2 Å². The van der Waals surface area contributed by atoms with Crippen molar-refractivity contribution in [3.05, 3.63) is 18.2 Å². The number of aliphatic imine (C=N–C) groups is 1. The number of H-pyrrole nitrogens is 1. The number of aliphatic carboxylic acids is 2. The predicted octanol–water partition coefficient (Wildman–Crippen LogP) is -3.00. The van der Waals surface area contributed by atoms with Gasteiger partial charge in [0.2, 0.25) is 17.7 Å². The van der Waals surface area contributed by atoms with Gasteiger partial charge in [-0.15, -0.1) is 0 Å². The van der Waals surface area contributed by atoms with Gasteiger partial charge < -0.3 is 48.3 Å².